The molecule has 0 bridgehead atoms. The van der Waals surface area contributed by atoms with Crippen molar-refractivity contribution in [2.45, 2.75) is 58.7 Å². The number of carbonyl (C=O) groups excluding carboxylic acids is 3. The van der Waals surface area contributed by atoms with E-state index in [1.165, 1.54) is 4.90 Å². The molecular weight excluding hydrogens is 522 g/mol. The Hall–Kier alpha value is -2.97. The molecule has 2 unspecified atom stereocenters. The van der Waals surface area contributed by atoms with Gasteiger partial charge in [-0.15, -0.1) is 6.58 Å². The number of rotatable bonds is 11. The van der Waals surface area contributed by atoms with Crippen LogP contribution in [-0.2, 0) is 14.3 Å². The van der Waals surface area contributed by atoms with Crippen molar-refractivity contribution in [2.75, 3.05) is 23.9 Å². The highest BCUT2D eigenvalue weighted by Crippen LogP contribution is 2.29. The van der Waals surface area contributed by atoms with Gasteiger partial charge in [-0.25, -0.2) is 4.79 Å². The first-order valence-electron chi connectivity index (χ1n) is 12.4. The number of nitrogens with zero attached hydrogens (tertiary/aromatic N) is 1. The fraction of sp³-hybridized carbons (Fsp3) is 0.414. The number of benzene rings is 2. The number of carbonyl (C=O) groups is 3. The predicted octanol–water partition coefficient (Wildman–Crippen LogP) is 6.30. The molecule has 0 aliphatic carbocycles. The first kappa shape index (κ1) is 31.2. The SMILES string of the molecule is C=CCN(C(=O)C(CCSC)NC(=O)OC(C)(C)C)C(C(=O)Nc1c(C)cccc1Cl)c1ccc(C)cc1. The Kier molecular flexibility index (Phi) is 11.7. The zero-order chi connectivity index (χ0) is 28.5. The standard InChI is InChI=1S/C29H38ClN3O4S/c1-8-17-33(27(35)23(16-18-38-7)31-28(36)37-29(4,5)6)25(21-14-12-19(2)13-15-21)26(34)32-24-20(3)10-9-11-22(24)30/h8-15,23,25H,1,16-18H2,2-7H3,(H,31,36)(H,32,34). The van der Waals surface area contributed by atoms with Gasteiger partial charge in [-0.3, -0.25) is 9.59 Å². The number of halogens is 1. The lowest BCUT2D eigenvalue weighted by atomic mass is 10.0. The zero-order valence-electron chi connectivity index (χ0n) is 23.0. The molecule has 3 amide bonds. The molecule has 0 saturated carbocycles. The van der Waals surface area contributed by atoms with Crippen LogP contribution in [0.25, 0.3) is 0 Å². The molecule has 0 aliphatic heterocycles. The van der Waals surface area contributed by atoms with Crippen molar-refractivity contribution >= 4 is 47.0 Å². The summed E-state index contributed by atoms with van der Waals surface area (Å²) < 4.78 is 5.41. The summed E-state index contributed by atoms with van der Waals surface area (Å²) in [5.74, 6) is -0.225. The van der Waals surface area contributed by atoms with Gasteiger partial charge >= 0.3 is 6.09 Å². The summed E-state index contributed by atoms with van der Waals surface area (Å²) in [4.78, 5) is 41.9. The van der Waals surface area contributed by atoms with Gasteiger partial charge in [0.25, 0.3) is 5.91 Å². The molecule has 0 aromatic heterocycles. The van der Waals surface area contributed by atoms with Crippen LogP contribution in [-0.4, -0.2) is 53.0 Å². The van der Waals surface area contributed by atoms with Crippen LogP contribution in [0.4, 0.5) is 10.5 Å². The van der Waals surface area contributed by atoms with E-state index in [1.54, 1.807) is 50.7 Å². The Balaban J connectivity index is 2.51. The van der Waals surface area contributed by atoms with Crippen molar-refractivity contribution in [3.05, 3.63) is 76.8 Å². The Morgan fingerprint density at radius 3 is 2.34 bits per heavy atom. The first-order valence-corrected chi connectivity index (χ1v) is 14.2. The average molecular weight is 560 g/mol. The lowest BCUT2D eigenvalue weighted by molar-refractivity contribution is -0.140. The van der Waals surface area contributed by atoms with E-state index in [-0.39, 0.29) is 6.54 Å². The monoisotopic (exact) mass is 559 g/mol. The maximum Gasteiger partial charge on any atom is 0.408 e. The summed E-state index contributed by atoms with van der Waals surface area (Å²) >= 11 is 7.94. The highest BCUT2D eigenvalue weighted by atomic mass is 35.5. The summed E-state index contributed by atoms with van der Waals surface area (Å²) in [5, 5.41) is 6.04. The summed E-state index contributed by atoms with van der Waals surface area (Å²) in [5.41, 5.74) is 2.18. The molecule has 2 atom stereocenters. The van der Waals surface area contributed by atoms with Crippen molar-refractivity contribution in [3.63, 3.8) is 0 Å². The summed E-state index contributed by atoms with van der Waals surface area (Å²) in [7, 11) is 0. The van der Waals surface area contributed by atoms with Crippen LogP contribution in [0.1, 0.15) is 49.9 Å². The average Bonchev–Trinajstić information content (AvgIpc) is 2.83. The summed E-state index contributed by atoms with van der Waals surface area (Å²) in [6.07, 6.45) is 3.15. The van der Waals surface area contributed by atoms with Gasteiger partial charge < -0.3 is 20.3 Å². The van der Waals surface area contributed by atoms with Crippen molar-refractivity contribution in [3.8, 4) is 0 Å². The molecule has 7 nitrogen and oxygen atoms in total. The van der Waals surface area contributed by atoms with Crippen LogP contribution in [0.15, 0.2) is 55.1 Å². The molecule has 2 aromatic carbocycles. The number of para-hydroxylation sites is 1. The number of aryl methyl sites for hydroxylation is 2. The van der Waals surface area contributed by atoms with Crippen LogP contribution in [0.2, 0.25) is 5.02 Å². The third-order valence-electron chi connectivity index (χ3n) is 5.63. The highest BCUT2D eigenvalue weighted by Gasteiger charge is 2.36. The van der Waals surface area contributed by atoms with Gasteiger partial charge in [-0.1, -0.05) is 59.6 Å². The second kappa shape index (κ2) is 14.3. The summed E-state index contributed by atoms with van der Waals surface area (Å²) in [6.45, 7) is 12.9. The van der Waals surface area contributed by atoms with E-state index in [0.717, 1.165) is 11.1 Å². The van der Waals surface area contributed by atoms with Crippen LogP contribution < -0.4 is 10.6 Å². The van der Waals surface area contributed by atoms with Gasteiger partial charge in [0.2, 0.25) is 5.91 Å². The molecule has 38 heavy (non-hydrogen) atoms. The quantitative estimate of drug-likeness (QED) is 0.316. The minimum atomic E-state index is -1.01. The smallest absolute Gasteiger partial charge is 0.408 e. The maximum atomic E-state index is 14.0. The van der Waals surface area contributed by atoms with Crippen LogP contribution in [0.3, 0.4) is 0 Å². The predicted molar refractivity (Wildman–Crippen MR) is 157 cm³/mol. The number of ether oxygens (including phenoxy) is 1. The minimum Gasteiger partial charge on any atom is -0.444 e. The maximum absolute atomic E-state index is 14.0. The molecule has 0 fully saturated rings. The Labute approximate surface area is 235 Å². The Morgan fingerprint density at radius 2 is 1.79 bits per heavy atom. The van der Waals surface area contributed by atoms with Crippen molar-refractivity contribution < 1.29 is 19.1 Å². The van der Waals surface area contributed by atoms with E-state index >= 15 is 0 Å². The molecule has 0 saturated heterocycles. The molecular formula is C29H38ClN3O4S. The highest BCUT2D eigenvalue weighted by molar-refractivity contribution is 7.98. The second-order valence-electron chi connectivity index (χ2n) is 9.99. The lowest BCUT2D eigenvalue weighted by Gasteiger charge is -2.34. The van der Waals surface area contributed by atoms with Gasteiger partial charge in [0.1, 0.15) is 17.7 Å². The van der Waals surface area contributed by atoms with Crippen LogP contribution in [0, 0.1) is 13.8 Å². The van der Waals surface area contributed by atoms with Crippen LogP contribution in [0.5, 0.6) is 0 Å². The number of amides is 3. The molecule has 0 heterocycles. The van der Waals surface area contributed by atoms with Crippen molar-refractivity contribution in [1.29, 1.82) is 0 Å². The number of thioether (sulfide) groups is 1. The molecule has 206 valence electrons. The molecule has 9 heteroatoms. The van der Waals surface area contributed by atoms with E-state index in [9.17, 15) is 14.4 Å². The van der Waals surface area contributed by atoms with E-state index < -0.39 is 35.6 Å². The van der Waals surface area contributed by atoms with Crippen molar-refractivity contribution in [2.24, 2.45) is 0 Å². The number of hydrogen-bond acceptors (Lipinski definition) is 5. The van der Waals surface area contributed by atoms with E-state index in [0.29, 0.717) is 28.4 Å². The number of alkyl carbamates (subject to hydrolysis) is 1. The van der Waals surface area contributed by atoms with E-state index in [4.69, 9.17) is 16.3 Å². The normalized spacial score (nSPS) is 12.7. The molecule has 2 N–H and O–H groups in total. The largest absolute Gasteiger partial charge is 0.444 e. The van der Waals surface area contributed by atoms with E-state index in [2.05, 4.69) is 17.2 Å². The topological polar surface area (TPSA) is 87.7 Å². The zero-order valence-corrected chi connectivity index (χ0v) is 24.5. The van der Waals surface area contributed by atoms with Gasteiger partial charge in [-0.2, -0.15) is 11.8 Å². The number of nitrogens with one attached hydrogen (secondary N) is 2. The molecule has 2 rings (SSSR count). The minimum absolute atomic E-state index is 0.0814. The number of hydrogen-bond donors (Lipinski definition) is 2. The summed E-state index contributed by atoms with van der Waals surface area (Å²) in [6, 6.07) is 10.8. The van der Waals surface area contributed by atoms with Gasteiger partial charge in [-0.05, 0) is 70.2 Å². The van der Waals surface area contributed by atoms with E-state index in [1.807, 2.05) is 50.4 Å². The second-order valence-corrected chi connectivity index (χ2v) is 11.4. The molecule has 0 spiro atoms. The fourth-order valence-corrected chi connectivity index (χ4v) is 4.55. The Bertz CT molecular complexity index is 1110. The van der Waals surface area contributed by atoms with Crippen molar-refractivity contribution in [1.82, 2.24) is 10.2 Å². The first-order chi connectivity index (χ1) is 17.9. The van der Waals surface area contributed by atoms with Crippen LogP contribution >= 0.6 is 23.4 Å². The third-order valence-corrected chi connectivity index (χ3v) is 6.59. The van der Waals surface area contributed by atoms with Gasteiger partial charge in [0, 0.05) is 6.54 Å². The third kappa shape index (κ3) is 9.10. The Morgan fingerprint density at radius 1 is 1.13 bits per heavy atom. The number of anilines is 1. The molecule has 0 aliphatic rings. The lowest BCUT2D eigenvalue weighted by Crippen LogP contribution is -2.52. The van der Waals surface area contributed by atoms with Gasteiger partial charge in [0.05, 0.1) is 10.7 Å². The van der Waals surface area contributed by atoms with Gasteiger partial charge in [0.15, 0.2) is 0 Å². The molecule has 0 radical (unpaired) electrons. The molecule has 2 aromatic rings. The fourth-order valence-electron chi connectivity index (χ4n) is 3.81.